The molecule has 1 fully saturated rings. The smallest absolute Gasteiger partial charge is 0.226 e. The minimum atomic E-state index is 0.125. The number of rotatable bonds is 1. The summed E-state index contributed by atoms with van der Waals surface area (Å²) in [6.07, 6.45) is 4.47. The molecule has 0 saturated heterocycles. The Labute approximate surface area is 99.8 Å². The highest BCUT2D eigenvalue weighted by molar-refractivity contribution is 5.79. The van der Waals surface area contributed by atoms with E-state index in [1.807, 2.05) is 9.47 Å². The van der Waals surface area contributed by atoms with E-state index in [1.54, 1.807) is 6.33 Å². The van der Waals surface area contributed by atoms with E-state index < -0.39 is 0 Å². The molecule has 2 heterocycles. The molecule has 17 heavy (non-hydrogen) atoms. The van der Waals surface area contributed by atoms with E-state index in [2.05, 4.69) is 10.2 Å². The van der Waals surface area contributed by atoms with Crippen molar-refractivity contribution in [1.29, 1.82) is 0 Å². The fraction of sp³-hybridized carbons (Fsp3) is 0.727. The molecule has 2 N–H and O–H groups in total. The zero-order valence-electron chi connectivity index (χ0n) is 9.75. The van der Waals surface area contributed by atoms with Gasteiger partial charge >= 0.3 is 0 Å². The van der Waals surface area contributed by atoms with Crippen LogP contribution in [0.2, 0.25) is 0 Å². The third-order valence-electron chi connectivity index (χ3n) is 3.77. The summed E-state index contributed by atoms with van der Waals surface area (Å²) in [5.41, 5.74) is 5.86. The SMILES string of the molecule is NC1CCC(C(=O)N2CCn3cnnc3C2)C1. The van der Waals surface area contributed by atoms with Gasteiger partial charge in [0.2, 0.25) is 5.91 Å². The van der Waals surface area contributed by atoms with E-state index >= 15 is 0 Å². The molecule has 1 amide bonds. The van der Waals surface area contributed by atoms with E-state index in [1.165, 1.54) is 0 Å². The van der Waals surface area contributed by atoms with Crippen molar-refractivity contribution in [2.24, 2.45) is 11.7 Å². The first-order valence-electron chi connectivity index (χ1n) is 6.15. The Balaban J connectivity index is 1.68. The molecule has 2 atom stereocenters. The number of nitrogens with two attached hydrogens (primary N) is 1. The highest BCUT2D eigenvalue weighted by Crippen LogP contribution is 2.27. The lowest BCUT2D eigenvalue weighted by Crippen LogP contribution is -2.41. The number of carbonyl (C=O) groups is 1. The molecule has 6 heteroatoms. The van der Waals surface area contributed by atoms with Gasteiger partial charge in [0.05, 0.1) is 6.54 Å². The van der Waals surface area contributed by atoms with Gasteiger partial charge in [-0.2, -0.15) is 0 Å². The molecule has 1 aliphatic carbocycles. The van der Waals surface area contributed by atoms with Gasteiger partial charge in [-0.3, -0.25) is 4.79 Å². The van der Waals surface area contributed by atoms with Gasteiger partial charge in [-0.05, 0) is 19.3 Å². The van der Waals surface area contributed by atoms with Crippen LogP contribution in [0.4, 0.5) is 0 Å². The molecular weight excluding hydrogens is 218 g/mol. The Morgan fingerprint density at radius 3 is 3.06 bits per heavy atom. The minimum absolute atomic E-state index is 0.125. The third kappa shape index (κ3) is 1.93. The van der Waals surface area contributed by atoms with Gasteiger partial charge in [0.25, 0.3) is 0 Å². The van der Waals surface area contributed by atoms with Crippen LogP contribution in [0.25, 0.3) is 0 Å². The number of nitrogens with zero attached hydrogens (tertiary/aromatic N) is 4. The molecule has 92 valence electrons. The van der Waals surface area contributed by atoms with Crippen LogP contribution in [-0.4, -0.2) is 38.2 Å². The van der Waals surface area contributed by atoms with Crippen LogP contribution in [-0.2, 0) is 17.9 Å². The predicted molar refractivity (Wildman–Crippen MR) is 60.8 cm³/mol. The zero-order chi connectivity index (χ0) is 11.8. The van der Waals surface area contributed by atoms with Crippen LogP contribution in [0.1, 0.15) is 25.1 Å². The second-order valence-corrected chi connectivity index (χ2v) is 4.97. The van der Waals surface area contributed by atoms with Crippen molar-refractivity contribution in [1.82, 2.24) is 19.7 Å². The topological polar surface area (TPSA) is 77.0 Å². The minimum Gasteiger partial charge on any atom is -0.333 e. The Bertz CT molecular complexity index is 429. The van der Waals surface area contributed by atoms with Gasteiger partial charge in [-0.25, -0.2) is 0 Å². The molecule has 0 spiro atoms. The quantitative estimate of drug-likeness (QED) is 0.728. The average Bonchev–Trinajstić information content (AvgIpc) is 2.95. The lowest BCUT2D eigenvalue weighted by Gasteiger charge is -2.29. The van der Waals surface area contributed by atoms with Gasteiger partial charge < -0.3 is 15.2 Å². The van der Waals surface area contributed by atoms with Gasteiger partial charge in [-0.15, -0.1) is 10.2 Å². The Morgan fingerprint density at radius 2 is 2.29 bits per heavy atom. The number of aromatic nitrogens is 3. The number of amides is 1. The van der Waals surface area contributed by atoms with Crippen LogP contribution in [0, 0.1) is 5.92 Å². The summed E-state index contributed by atoms with van der Waals surface area (Å²) < 4.78 is 2.00. The van der Waals surface area contributed by atoms with Crippen LogP contribution in [0.3, 0.4) is 0 Å². The summed E-state index contributed by atoms with van der Waals surface area (Å²) in [5.74, 6) is 1.25. The van der Waals surface area contributed by atoms with Crippen molar-refractivity contribution in [2.75, 3.05) is 6.54 Å². The molecule has 1 aliphatic heterocycles. The first-order chi connectivity index (χ1) is 8.24. The number of hydrogen-bond acceptors (Lipinski definition) is 4. The molecule has 0 bridgehead atoms. The van der Waals surface area contributed by atoms with E-state index in [4.69, 9.17) is 5.73 Å². The summed E-state index contributed by atoms with van der Waals surface area (Å²) in [6.45, 7) is 2.15. The van der Waals surface area contributed by atoms with Crippen molar-refractivity contribution >= 4 is 5.91 Å². The molecule has 1 aromatic heterocycles. The first-order valence-corrected chi connectivity index (χ1v) is 6.15. The standard InChI is InChI=1S/C11H17N5O/c12-9-2-1-8(5-9)11(17)15-3-4-16-7-13-14-10(16)6-15/h7-9H,1-6,12H2. The average molecular weight is 235 g/mol. The summed E-state index contributed by atoms with van der Waals surface area (Å²) in [4.78, 5) is 14.2. The van der Waals surface area contributed by atoms with E-state index in [-0.39, 0.29) is 17.9 Å². The lowest BCUT2D eigenvalue weighted by atomic mass is 10.1. The van der Waals surface area contributed by atoms with Crippen molar-refractivity contribution in [3.63, 3.8) is 0 Å². The van der Waals surface area contributed by atoms with Crippen molar-refractivity contribution in [3.05, 3.63) is 12.2 Å². The van der Waals surface area contributed by atoms with Crippen LogP contribution < -0.4 is 5.73 Å². The summed E-state index contributed by atoms with van der Waals surface area (Å²) in [7, 11) is 0. The van der Waals surface area contributed by atoms with Gasteiger partial charge in [0, 0.05) is 25.0 Å². The van der Waals surface area contributed by atoms with Crippen molar-refractivity contribution in [3.8, 4) is 0 Å². The number of fused-ring (bicyclic) bond motifs is 1. The van der Waals surface area contributed by atoms with Gasteiger partial charge in [0.15, 0.2) is 5.82 Å². The normalized spacial score (nSPS) is 28.2. The van der Waals surface area contributed by atoms with Crippen LogP contribution in [0.15, 0.2) is 6.33 Å². The molecule has 6 nitrogen and oxygen atoms in total. The second kappa shape index (κ2) is 4.10. The maximum atomic E-state index is 12.3. The molecule has 3 rings (SSSR count). The molecule has 1 saturated carbocycles. The van der Waals surface area contributed by atoms with Crippen molar-refractivity contribution in [2.45, 2.75) is 38.4 Å². The second-order valence-electron chi connectivity index (χ2n) is 4.97. The molecule has 2 aliphatic rings. The molecular formula is C11H17N5O. The van der Waals surface area contributed by atoms with Crippen molar-refractivity contribution < 1.29 is 4.79 Å². The number of carbonyl (C=O) groups excluding carboxylic acids is 1. The maximum absolute atomic E-state index is 12.3. The van der Waals surface area contributed by atoms with Crippen LogP contribution >= 0.6 is 0 Å². The van der Waals surface area contributed by atoms with E-state index in [0.29, 0.717) is 6.54 Å². The highest BCUT2D eigenvalue weighted by atomic mass is 16.2. The maximum Gasteiger partial charge on any atom is 0.226 e. The fourth-order valence-electron chi connectivity index (χ4n) is 2.75. The molecule has 0 aromatic carbocycles. The Kier molecular flexibility index (Phi) is 2.58. The van der Waals surface area contributed by atoms with Crippen LogP contribution in [0.5, 0.6) is 0 Å². The highest BCUT2D eigenvalue weighted by Gasteiger charge is 2.32. The van der Waals surface area contributed by atoms with E-state index in [0.717, 1.165) is 38.2 Å². The largest absolute Gasteiger partial charge is 0.333 e. The lowest BCUT2D eigenvalue weighted by molar-refractivity contribution is -0.136. The molecule has 0 radical (unpaired) electrons. The fourth-order valence-corrected chi connectivity index (χ4v) is 2.75. The number of hydrogen-bond donors (Lipinski definition) is 1. The Hall–Kier alpha value is -1.43. The third-order valence-corrected chi connectivity index (χ3v) is 3.77. The zero-order valence-corrected chi connectivity index (χ0v) is 9.75. The first kappa shape index (κ1) is 10.7. The molecule has 1 aromatic rings. The summed E-state index contributed by atoms with van der Waals surface area (Å²) >= 11 is 0. The Morgan fingerprint density at radius 1 is 1.41 bits per heavy atom. The van der Waals surface area contributed by atoms with E-state index in [9.17, 15) is 4.79 Å². The van der Waals surface area contributed by atoms with Gasteiger partial charge in [-0.1, -0.05) is 0 Å². The predicted octanol–water partition coefficient (Wildman–Crippen LogP) is -0.252. The summed E-state index contributed by atoms with van der Waals surface area (Å²) in [5, 5.41) is 7.89. The van der Waals surface area contributed by atoms with Gasteiger partial charge in [0.1, 0.15) is 6.33 Å². The summed E-state index contributed by atoms with van der Waals surface area (Å²) in [6, 6.07) is 0.206. The monoisotopic (exact) mass is 235 g/mol. The molecule has 2 unspecified atom stereocenters.